The first-order chi connectivity index (χ1) is 12.1. The van der Waals surface area contributed by atoms with E-state index in [9.17, 15) is 9.59 Å². The summed E-state index contributed by atoms with van der Waals surface area (Å²) >= 11 is 0. The molecule has 1 heterocycles. The number of hydrogen-bond acceptors (Lipinski definition) is 5. The van der Waals surface area contributed by atoms with Crippen LogP contribution in [0.3, 0.4) is 0 Å². The van der Waals surface area contributed by atoms with Gasteiger partial charge in [0.2, 0.25) is 11.8 Å². The lowest BCUT2D eigenvalue weighted by atomic mass is 9.78. The maximum atomic E-state index is 12.6. The van der Waals surface area contributed by atoms with Crippen LogP contribution in [0.25, 0.3) is 0 Å². The fraction of sp³-hybridized carbons (Fsp3) is 0.556. The molecule has 0 spiro atoms. The average Bonchev–Trinajstić information content (AvgIpc) is 2.62. The molecule has 0 aromatic heterocycles. The van der Waals surface area contributed by atoms with Crippen molar-refractivity contribution >= 4 is 29.9 Å². The quantitative estimate of drug-likeness (QED) is 0.632. The largest absolute Gasteiger partial charge is 0.494 e. The number of nitrogens with one attached hydrogen (secondary N) is 3. The number of anilines is 1. The number of carbonyl (C=O) groups excluding carboxylic acids is 2. The summed E-state index contributed by atoms with van der Waals surface area (Å²) < 4.78 is 10.6. The molecule has 0 aliphatic carbocycles. The third-order valence-corrected chi connectivity index (χ3v) is 4.32. The van der Waals surface area contributed by atoms with E-state index in [1.54, 1.807) is 31.4 Å². The number of piperidine rings is 1. The zero-order valence-electron chi connectivity index (χ0n) is 15.3. The lowest BCUT2D eigenvalue weighted by Gasteiger charge is -2.35. The van der Waals surface area contributed by atoms with Gasteiger partial charge in [-0.2, -0.15) is 0 Å². The highest BCUT2D eigenvalue weighted by Gasteiger charge is 2.39. The summed E-state index contributed by atoms with van der Waals surface area (Å²) in [7, 11) is 1.59. The fourth-order valence-corrected chi connectivity index (χ4v) is 2.97. The summed E-state index contributed by atoms with van der Waals surface area (Å²) in [6.45, 7) is 4.35. The predicted molar refractivity (Wildman–Crippen MR) is 103 cm³/mol. The van der Waals surface area contributed by atoms with Gasteiger partial charge in [-0.25, -0.2) is 0 Å². The van der Waals surface area contributed by atoms with Crippen LogP contribution >= 0.6 is 12.4 Å². The van der Waals surface area contributed by atoms with E-state index in [-0.39, 0.29) is 30.8 Å². The minimum absolute atomic E-state index is 0. The Balaban J connectivity index is 0.00000338. The van der Waals surface area contributed by atoms with Crippen LogP contribution in [0.15, 0.2) is 24.3 Å². The third kappa shape index (κ3) is 6.16. The lowest BCUT2D eigenvalue weighted by molar-refractivity contribution is -0.137. The molecule has 0 atom stereocenters. The van der Waals surface area contributed by atoms with Crippen molar-refractivity contribution in [2.75, 3.05) is 45.3 Å². The van der Waals surface area contributed by atoms with Crippen LogP contribution in [-0.4, -0.2) is 51.8 Å². The molecule has 0 saturated carbocycles. The summed E-state index contributed by atoms with van der Waals surface area (Å²) in [5.74, 6) is 0.359. The number of hydrogen-bond donors (Lipinski definition) is 3. The summed E-state index contributed by atoms with van der Waals surface area (Å²) in [5.41, 5.74) is 0.107. The Bertz CT molecular complexity index is 569. The summed E-state index contributed by atoms with van der Waals surface area (Å²) in [5, 5.41) is 8.75. The normalized spacial score (nSPS) is 15.5. The molecule has 1 aliphatic heterocycles. The number of halogens is 1. The van der Waals surface area contributed by atoms with E-state index in [2.05, 4.69) is 16.0 Å². The van der Waals surface area contributed by atoms with E-state index >= 15 is 0 Å². The maximum Gasteiger partial charge on any atom is 0.243 e. The number of carbonyl (C=O) groups is 2. The zero-order chi connectivity index (χ0) is 18.1. The molecular formula is C18H28ClN3O4. The van der Waals surface area contributed by atoms with Crippen molar-refractivity contribution in [3.05, 3.63) is 24.3 Å². The van der Waals surface area contributed by atoms with Crippen LogP contribution in [-0.2, 0) is 14.3 Å². The van der Waals surface area contributed by atoms with Crippen LogP contribution in [0.2, 0.25) is 0 Å². The highest BCUT2D eigenvalue weighted by atomic mass is 35.5. The van der Waals surface area contributed by atoms with E-state index < -0.39 is 5.41 Å². The second-order valence-electron chi connectivity index (χ2n) is 6.15. The predicted octanol–water partition coefficient (Wildman–Crippen LogP) is 1.58. The molecule has 0 bridgehead atoms. The Labute approximate surface area is 160 Å². The molecule has 3 N–H and O–H groups in total. The van der Waals surface area contributed by atoms with Crippen molar-refractivity contribution in [2.45, 2.75) is 19.8 Å². The van der Waals surface area contributed by atoms with Crippen LogP contribution in [0.1, 0.15) is 19.8 Å². The van der Waals surface area contributed by atoms with Crippen LogP contribution < -0.4 is 20.7 Å². The number of rotatable bonds is 8. The Morgan fingerprint density at radius 1 is 1.19 bits per heavy atom. The number of ether oxygens (including phenoxy) is 2. The topological polar surface area (TPSA) is 88.7 Å². The minimum atomic E-state index is -0.556. The number of benzene rings is 1. The van der Waals surface area contributed by atoms with Gasteiger partial charge < -0.3 is 25.4 Å². The molecule has 7 nitrogen and oxygen atoms in total. The smallest absolute Gasteiger partial charge is 0.243 e. The average molecular weight is 386 g/mol. The van der Waals surface area contributed by atoms with Gasteiger partial charge in [-0.15, -0.1) is 12.4 Å². The molecule has 8 heteroatoms. The van der Waals surface area contributed by atoms with E-state index in [1.165, 1.54) is 0 Å². The fourth-order valence-electron chi connectivity index (χ4n) is 2.97. The van der Waals surface area contributed by atoms with E-state index in [1.807, 2.05) is 6.92 Å². The molecule has 1 saturated heterocycles. The molecule has 1 aromatic carbocycles. The second-order valence-corrected chi connectivity index (χ2v) is 6.15. The first-order valence-electron chi connectivity index (χ1n) is 8.60. The van der Waals surface area contributed by atoms with Crippen LogP contribution in [0, 0.1) is 5.41 Å². The summed E-state index contributed by atoms with van der Waals surface area (Å²) in [6.07, 6.45) is 1.40. The van der Waals surface area contributed by atoms with Crippen LogP contribution in [0.5, 0.6) is 5.75 Å². The van der Waals surface area contributed by atoms with Gasteiger partial charge in [0.05, 0.1) is 25.2 Å². The van der Waals surface area contributed by atoms with Gasteiger partial charge in [0, 0.05) is 12.8 Å². The molecule has 146 valence electrons. The van der Waals surface area contributed by atoms with E-state index in [0.717, 1.165) is 18.8 Å². The molecule has 0 radical (unpaired) electrons. The molecule has 1 fully saturated rings. The van der Waals surface area contributed by atoms with Gasteiger partial charge in [-0.3, -0.25) is 9.59 Å². The molecule has 0 unspecified atom stereocenters. The van der Waals surface area contributed by atoms with E-state index in [4.69, 9.17) is 9.47 Å². The Kier molecular flexibility index (Phi) is 9.40. The van der Waals surface area contributed by atoms with Crippen molar-refractivity contribution in [1.82, 2.24) is 10.6 Å². The summed E-state index contributed by atoms with van der Waals surface area (Å²) in [6, 6.07) is 7.12. The SMILES string of the molecule is CCOc1ccc(NC(=O)CNC(=O)C2(COC)CCNCC2)cc1.Cl. The maximum absolute atomic E-state index is 12.6. The van der Waals surface area contributed by atoms with Gasteiger partial charge in [0.15, 0.2) is 0 Å². The number of amides is 2. The minimum Gasteiger partial charge on any atom is -0.494 e. The van der Waals surface area contributed by atoms with Gasteiger partial charge in [0.25, 0.3) is 0 Å². The highest BCUT2D eigenvalue weighted by molar-refractivity contribution is 5.95. The Morgan fingerprint density at radius 2 is 1.85 bits per heavy atom. The molecular weight excluding hydrogens is 358 g/mol. The Hall–Kier alpha value is -1.83. The molecule has 26 heavy (non-hydrogen) atoms. The third-order valence-electron chi connectivity index (χ3n) is 4.32. The molecule has 2 rings (SSSR count). The first-order valence-corrected chi connectivity index (χ1v) is 8.60. The first kappa shape index (κ1) is 22.2. The van der Waals surface area contributed by atoms with Gasteiger partial charge in [-0.1, -0.05) is 0 Å². The van der Waals surface area contributed by atoms with Crippen molar-refractivity contribution < 1.29 is 19.1 Å². The lowest BCUT2D eigenvalue weighted by Crippen LogP contribution is -2.51. The standard InChI is InChI=1S/C18H27N3O4.ClH/c1-3-25-15-6-4-14(5-7-15)21-16(22)12-20-17(23)18(13-24-2)8-10-19-11-9-18;/h4-7,19H,3,8-13H2,1-2H3,(H,20,23)(H,21,22);1H. The molecule has 1 aliphatic rings. The van der Waals surface area contributed by atoms with Gasteiger partial charge in [-0.05, 0) is 57.1 Å². The monoisotopic (exact) mass is 385 g/mol. The van der Waals surface area contributed by atoms with Crippen molar-refractivity contribution in [3.8, 4) is 5.75 Å². The summed E-state index contributed by atoms with van der Waals surface area (Å²) in [4.78, 5) is 24.6. The second kappa shape index (κ2) is 11.0. The Morgan fingerprint density at radius 3 is 2.42 bits per heavy atom. The highest BCUT2D eigenvalue weighted by Crippen LogP contribution is 2.29. The van der Waals surface area contributed by atoms with Crippen molar-refractivity contribution in [3.63, 3.8) is 0 Å². The molecule has 1 aromatic rings. The van der Waals surface area contributed by atoms with Gasteiger partial charge >= 0.3 is 0 Å². The van der Waals surface area contributed by atoms with Gasteiger partial charge in [0.1, 0.15) is 5.75 Å². The number of methoxy groups -OCH3 is 1. The van der Waals surface area contributed by atoms with Crippen molar-refractivity contribution in [1.29, 1.82) is 0 Å². The van der Waals surface area contributed by atoms with Crippen molar-refractivity contribution in [2.24, 2.45) is 5.41 Å². The zero-order valence-corrected chi connectivity index (χ0v) is 16.1. The van der Waals surface area contributed by atoms with E-state index in [0.29, 0.717) is 31.7 Å². The van der Waals surface area contributed by atoms with Crippen LogP contribution in [0.4, 0.5) is 5.69 Å². The molecule has 2 amide bonds.